The zero-order valence-corrected chi connectivity index (χ0v) is 16.0. The standard InChI is InChI=1S/C21H25N3O4/c1-14(2)20(25)24-16-9-7-15(8-10-16)11-22-21(26)23-12-17-13-27-18-5-3-4-6-19(18)28-17/h3-10,14,17H,11-13H2,1-2H3,(H,24,25)(H2,22,23,26)/t17-/m1/s1. The van der Waals surface area contributed by atoms with Crippen molar-refractivity contribution >= 4 is 17.6 Å². The molecule has 1 atom stereocenters. The molecule has 3 rings (SSSR count). The summed E-state index contributed by atoms with van der Waals surface area (Å²) in [7, 11) is 0. The maximum Gasteiger partial charge on any atom is 0.315 e. The van der Waals surface area contributed by atoms with E-state index in [-0.39, 0.29) is 24.0 Å². The van der Waals surface area contributed by atoms with Crippen LogP contribution in [-0.4, -0.2) is 31.2 Å². The Hall–Kier alpha value is -3.22. The Balaban J connectivity index is 1.39. The normalized spacial score (nSPS) is 15.0. The second-order valence-electron chi connectivity index (χ2n) is 6.90. The molecule has 0 bridgehead atoms. The van der Waals surface area contributed by atoms with Crippen molar-refractivity contribution in [2.24, 2.45) is 5.92 Å². The van der Waals surface area contributed by atoms with E-state index in [1.165, 1.54) is 0 Å². The van der Waals surface area contributed by atoms with Gasteiger partial charge in [-0.05, 0) is 29.8 Å². The molecule has 0 unspecified atom stereocenters. The minimum Gasteiger partial charge on any atom is -0.486 e. The van der Waals surface area contributed by atoms with Crippen molar-refractivity contribution < 1.29 is 19.1 Å². The third kappa shape index (κ3) is 5.39. The van der Waals surface area contributed by atoms with Gasteiger partial charge in [0.05, 0.1) is 6.54 Å². The Labute approximate surface area is 164 Å². The summed E-state index contributed by atoms with van der Waals surface area (Å²) in [6, 6.07) is 14.6. The summed E-state index contributed by atoms with van der Waals surface area (Å²) in [6.45, 7) is 4.81. The quantitative estimate of drug-likeness (QED) is 0.716. The molecule has 0 saturated carbocycles. The molecule has 0 radical (unpaired) electrons. The summed E-state index contributed by atoms with van der Waals surface area (Å²) in [5, 5.41) is 8.43. The maximum atomic E-state index is 12.0. The van der Waals surface area contributed by atoms with Gasteiger partial charge in [-0.1, -0.05) is 38.1 Å². The summed E-state index contributed by atoms with van der Waals surface area (Å²) in [4.78, 5) is 23.7. The lowest BCUT2D eigenvalue weighted by Crippen LogP contribution is -2.44. The Bertz CT molecular complexity index is 821. The van der Waals surface area contributed by atoms with Gasteiger partial charge in [0.25, 0.3) is 0 Å². The van der Waals surface area contributed by atoms with Crippen molar-refractivity contribution in [3.8, 4) is 11.5 Å². The first-order valence-corrected chi connectivity index (χ1v) is 9.31. The van der Waals surface area contributed by atoms with Gasteiger partial charge in [0.15, 0.2) is 17.6 Å². The summed E-state index contributed by atoms with van der Waals surface area (Å²) in [5.74, 6) is 1.31. The van der Waals surface area contributed by atoms with Crippen LogP contribution >= 0.6 is 0 Å². The molecule has 7 nitrogen and oxygen atoms in total. The van der Waals surface area contributed by atoms with Crippen LogP contribution in [0.2, 0.25) is 0 Å². The molecule has 2 aromatic carbocycles. The first kappa shape index (κ1) is 19.5. The van der Waals surface area contributed by atoms with Crippen molar-refractivity contribution in [3.63, 3.8) is 0 Å². The molecule has 0 aliphatic carbocycles. The molecular weight excluding hydrogens is 358 g/mol. The van der Waals surface area contributed by atoms with Gasteiger partial charge in [-0.2, -0.15) is 0 Å². The molecule has 0 fully saturated rings. The first-order chi connectivity index (χ1) is 13.5. The number of amides is 3. The molecule has 3 N–H and O–H groups in total. The van der Waals surface area contributed by atoms with Crippen molar-refractivity contribution in [3.05, 3.63) is 54.1 Å². The highest BCUT2D eigenvalue weighted by Gasteiger charge is 2.20. The summed E-state index contributed by atoms with van der Waals surface area (Å²) < 4.78 is 11.4. The van der Waals surface area contributed by atoms with Crippen LogP contribution in [0.5, 0.6) is 11.5 Å². The Morgan fingerprint density at radius 3 is 2.46 bits per heavy atom. The van der Waals surface area contributed by atoms with Crippen LogP contribution in [-0.2, 0) is 11.3 Å². The number of nitrogens with one attached hydrogen (secondary N) is 3. The summed E-state index contributed by atoms with van der Waals surface area (Å²) in [6.07, 6.45) is -0.232. The van der Waals surface area contributed by atoms with E-state index >= 15 is 0 Å². The van der Waals surface area contributed by atoms with Gasteiger partial charge in [0, 0.05) is 18.2 Å². The molecular formula is C21H25N3O4. The van der Waals surface area contributed by atoms with Gasteiger partial charge < -0.3 is 25.4 Å². The van der Waals surface area contributed by atoms with Gasteiger partial charge in [0.2, 0.25) is 5.91 Å². The SMILES string of the molecule is CC(C)C(=O)Nc1ccc(CNC(=O)NC[C@@H]2COc3ccccc3O2)cc1. The van der Waals surface area contributed by atoms with Crippen LogP contribution < -0.4 is 25.4 Å². The molecule has 1 aliphatic heterocycles. The molecule has 28 heavy (non-hydrogen) atoms. The Kier molecular flexibility index (Phi) is 6.37. The van der Waals surface area contributed by atoms with Crippen LogP contribution in [0.25, 0.3) is 0 Å². The van der Waals surface area contributed by atoms with Crippen LogP contribution in [0.4, 0.5) is 10.5 Å². The molecule has 2 aromatic rings. The van der Waals surface area contributed by atoms with E-state index in [1.54, 1.807) is 0 Å². The second-order valence-corrected chi connectivity index (χ2v) is 6.90. The molecule has 148 valence electrons. The average molecular weight is 383 g/mol. The highest BCUT2D eigenvalue weighted by Crippen LogP contribution is 2.30. The van der Waals surface area contributed by atoms with E-state index < -0.39 is 0 Å². The molecule has 0 aromatic heterocycles. The van der Waals surface area contributed by atoms with Gasteiger partial charge in [-0.15, -0.1) is 0 Å². The van der Waals surface area contributed by atoms with E-state index in [9.17, 15) is 9.59 Å². The van der Waals surface area contributed by atoms with Gasteiger partial charge in [-0.3, -0.25) is 4.79 Å². The smallest absolute Gasteiger partial charge is 0.315 e. The molecule has 0 saturated heterocycles. The number of para-hydroxylation sites is 2. The van der Waals surface area contributed by atoms with Crippen molar-refractivity contribution in [2.75, 3.05) is 18.5 Å². The number of benzene rings is 2. The van der Waals surface area contributed by atoms with Crippen LogP contribution in [0.1, 0.15) is 19.4 Å². The fourth-order valence-corrected chi connectivity index (χ4v) is 2.61. The van der Waals surface area contributed by atoms with E-state index in [0.717, 1.165) is 17.0 Å². The number of anilines is 1. The monoisotopic (exact) mass is 383 g/mol. The van der Waals surface area contributed by atoms with E-state index in [4.69, 9.17) is 9.47 Å². The van der Waals surface area contributed by atoms with E-state index in [1.807, 2.05) is 62.4 Å². The van der Waals surface area contributed by atoms with Crippen LogP contribution in [0, 0.1) is 5.92 Å². The van der Waals surface area contributed by atoms with Crippen molar-refractivity contribution in [1.29, 1.82) is 0 Å². The lowest BCUT2D eigenvalue weighted by Gasteiger charge is -2.26. The number of ether oxygens (including phenoxy) is 2. The molecule has 1 aliphatic rings. The van der Waals surface area contributed by atoms with Crippen molar-refractivity contribution in [2.45, 2.75) is 26.5 Å². The number of carbonyl (C=O) groups excluding carboxylic acids is 2. The maximum absolute atomic E-state index is 12.0. The molecule has 3 amide bonds. The van der Waals surface area contributed by atoms with Crippen molar-refractivity contribution in [1.82, 2.24) is 10.6 Å². The van der Waals surface area contributed by atoms with Crippen LogP contribution in [0.3, 0.4) is 0 Å². The summed E-state index contributed by atoms with van der Waals surface area (Å²) >= 11 is 0. The second kappa shape index (κ2) is 9.12. The zero-order chi connectivity index (χ0) is 19.9. The van der Waals surface area contributed by atoms with Gasteiger partial charge in [0.1, 0.15) is 6.61 Å². The fraction of sp³-hybridized carbons (Fsp3) is 0.333. The number of hydrogen-bond acceptors (Lipinski definition) is 4. The predicted octanol–water partition coefficient (Wildman–Crippen LogP) is 2.92. The minimum absolute atomic E-state index is 0.0261. The number of urea groups is 1. The Morgan fingerprint density at radius 2 is 1.75 bits per heavy atom. The van der Waals surface area contributed by atoms with Crippen LogP contribution in [0.15, 0.2) is 48.5 Å². The number of rotatable bonds is 6. The average Bonchev–Trinajstić information content (AvgIpc) is 2.71. The van der Waals surface area contributed by atoms with E-state index in [2.05, 4.69) is 16.0 Å². The zero-order valence-electron chi connectivity index (χ0n) is 16.0. The van der Waals surface area contributed by atoms with Gasteiger partial charge in [-0.25, -0.2) is 4.79 Å². The summed E-state index contributed by atoms with van der Waals surface area (Å²) in [5.41, 5.74) is 1.67. The van der Waals surface area contributed by atoms with E-state index in [0.29, 0.717) is 25.4 Å². The van der Waals surface area contributed by atoms with Gasteiger partial charge >= 0.3 is 6.03 Å². The molecule has 7 heteroatoms. The number of fused-ring (bicyclic) bond motifs is 1. The third-order valence-electron chi connectivity index (χ3n) is 4.26. The lowest BCUT2D eigenvalue weighted by molar-refractivity contribution is -0.118. The first-order valence-electron chi connectivity index (χ1n) is 9.31. The lowest BCUT2D eigenvalue weighted by atomic mass is 10.1. The largest absolute Gasteiger partial charge is 0.486 e. The highest BCUT2D eigenvalue weighted by atomic mass is 16.6. The minimum atomic E-state index is -0.278. The molecule has 1 heterocycles. The Morgan fingerprint density at radius 1 is 1.04 bits per heavy atom. The number of carbonyl (C=O) groups is 2. The predicted molar refractivity (Wildman–Crippen MR) is 107 cm³/mol. The number of hydrogen-bond donors (Lipinski definition) is 3. The molecule has 0 spiro atoms. The third-order valence-corrected chi connectivity index (χ3v) is 4.26. The highest BCUT2D eigenvalue weighted by molar-refractivity contribution is 5.92. The fourth-order valence-electron chi connectivity index (χ4n) is 2.61. The topological polar surface area (TPSA) is 88.7 Å².